The van der Waals surface area contributed by atoms with Crippen LogP contribution in [0.2, 0.25) is 0 Å². The Morgan fingerprint density at radius 2 is 1.60 bits per heavy atom. The molecule has 2 aromatic rings. The van der Waals surface area contributed by atoms with Gasteiger partial charge in [-0.15, -0.1) is 0 Å². The van der Waals surface area contributed by atoms with Crippen LogP contribution in [0.4, 0.5) is 0 Å². The molecule has 2 aromatic carbocycles. The van der Waals surface area contributed by atoms with Crippen LogP contribution in [0, 0.1) is 0 Å². The molecule has 0 bridgehead atoms. The van der Waals surface area contributed by atoms with Crippen molar-refractivity contribution in [3.8, 4) is 11.1 Å². The van der Waals surface area contributed by atoms with Gasteiger partial charge in [0.25, 0.3) is 5.91 Å². The van der Waals surface area contributed by atoms with E-state index in [0.29, 0.717) is 50.6 Å². The predicted octanol–water partition coefficient (Wildman–Crippen LogP) is 1.51. The Balaban J connectivity index is 1.69. The highest BCUT2D eigenvalue weighted by molar-refractivity contribution is 6.43. The van der Waals surface area contributed by atoms with Crippen molar-refractivity contribution in [2.75, 3.05) is 19.8 Å². The van der Waals surface area contributed by atoms with E-state index in [1.807, 2.05) is 12.1 Å². The fourth-order valence-corrected chi connectivity index (χ4v) is 5.79. The first kappa shape index (κ1) is 43.1. The molecule has 5 atom stereocenters. The number of nitrogens with two attached hydrogens (primary N) is 1. The van der Waals surface area contributed by atoms with Crippen molar-refractivity contribution in [2.24, 2.45) is 5.73 Å². The standard InChI is InChI=1S/C38H57BN6O8/c1-4-5-11-27-14-16-28(17-15-27)29-18-20-30(21-19-29)35(47)44-32(13-8-9-22-40)37(49)45-33-24-53-23-10-6-7-12-31(36(48)42-26(3)39(51)52)43-34(46)25(2)41-38(33)50/h14-21,25-26,31-33,51-52H,4-13,22-24,40H2,1-3H3,(H,41,50)(H,42,48)(H,43,46)(H,44,47)(H,45,49)/t25-,26-,31-,32-,33-/m0/s1. The minimum absolute atomic E-state index is 0.164. The van der Waals surface area contributed by atoms with Crippen LogP contribution < -0.4 is 32.3 Å². The van der Waals surface area contributed by atoms with E-state index in [4.69, 9.17) is 10.5 Å². The summed E-state index contributed by atoms with van der Waals surface area (Å²) >= 11 is 0. The first-order valence-electron chi connectivity index (χ1n) is 18.8. The van der Waals surface area contributed by atoms with E-state index in [2.05, 4.69) is 57.8 Å². The van der Waals surface area contributed by atoms with Crippen molar-refractivity contribution in [3.05, 3.63) is 59.7 Å². The fourth-order valence-electron chi connectivity index (χ4n) is 5.79. The van der Waals surface area contributed by atoms with E-state index in [-0.39, 0.29) is 19.6 Å². The molecular weight excluding hydrogens is 679 g/mol. The predicted molar refractivity (Wildman–Crippen MR) is 203 cm³/mol. The molecule has 1 fully saturated rings. The second kappa shape index (κ2) is 22.7. The molecule has 0 aliphatic carbocycles. The number of carbonyl (C=O) groups is 5. The number of unbranched alkanes of at least 4 members (excludes halogenated alkanes) is 2. The van der Waals surface area contributed by atoms with Crippen molar-refractivity contribution in [3.63, 3.8) is 0 Å². The molecule has 0 unspecified atom stereocenters. The van der Waals surface area contributed by atoms with E-state index >= 15 is 0 Å². The van der Waals surface area contributed by atoms with Gasteiger partial charge >= 0.3 is 7.12 Å². The zero-order chi connectivity index (χ0) is 38.8. The maximum atomic E-state index is 13.7. The Morgan fingerprint density at radius 3 is 2.25 bits per heavy atom. The highest BCUT2D eigenvalue weighted by atomic mass is 16.5. The fraction of sp³-hybridized carbons (Fsp3) is 0.553. The summed E-state index contributed by atoms with van der Waals surface area (Å²) in [4.78, 5) is 66.4. The highest BCUT2D eigenvalue weighted by Crippen LogP contribution is 2.21. The Bertz CT molecular complexity index is 1480. The minimum atomic E-state index is -1.78. The third kappa shape index (κ3) is 14.6. The molecular formula is C38H57BN6O8. The lowest BCUT2D eigenvalue weighted by Crippen LogP contribution is -2.59. The van der Waals surface area contributed by atoms with Gasteiger partial charge in [0.15, 0.2) is 0 Å². The third-order valence-electron chi connectivity index (χ3n) is 9.22. The maximum absolute atomic E-state index is 13.7. The number of hydrogen-bond donors (Lipinski definition) is 8. The molecule has 14 nitrogen and oxygen atoms in total. The first-order valence-corrected chi connectivity index (χ1v) is 18.8. The van der Waals surface area contributed by atoms with Gasteiger partial charge in [-0.05, 0) is 94.2 Å². The van der Waals surface area contributed by atoms with Crippen LogP contribution in [0.15, 0.2) is 48.5 Å². The number of nitrogens with one attached hydrogen (secondary N) is 5. The average Bonchev–Trinajstić information content (AvgIpc) is 3.14. The van der Waals surface area contributed by atoms with Gasteiger partial charge in [0.2, 0.25) is 23.6 Å². The normalized spacial score (nSPS) is 19.8. The van der Waals surface area contributed by atoms with Gasteiger partial charge in [-0.2, -0.15) is 0 Å². The van der Waals surface area contributed by atoms with Crippen LogP contribution in [-0.2, 0) is 30.3 Å². The van der Waals surface area contributed by atoms with E-state index in [1.54, 1.807) is 12.1 Å². The molecule has 1 saturated heterocycles. The number of hydrogen-bond acceptors (Lipinski definition) is 9. The maximum Gasteiger partial charge on any atom is 0.475 e. The van der Waals surface area contributed by atoms with Gasteiger partial charge in [0.1, 0.15) is 24.2 Å². The minimum Gasteiger partial charge on any atom is -0.426 e. The summed E-state index contributed by atoms with van der Waals surface area (Å²) < 4.78 is 5.76. The van der Waals surface area contributed by atoms with Gasteiger partial charge in [0.05, 0.1) is 12.5 Å². The Labute approximate surface area is 312 Å². The molecule has 0 radical (unpaired) electrons. The molecule has 0 spiro atoms. The number of amides is 5. The number of ether oxygens (including phenoxy) is 1. The van der Waals surface area contributed by atoms with Crippen LogP contribution in [0.25, 0.3) is 11.1 Å². The molecule has 5 amide bonds. The monoisotopic (exact) mass is 736 g/mol. The molecule has 1 heterocycles. The van der Waals surface area contributed by atoms with Crippen molar-refractivity contribution in [1.82, 2.24) is 26.6 Å². The van der Waals surface area contributed by atoms with Gasteiger partial charge in [-0.1, -0.05) is 62.6 Å². The number of rotatable bonds is 15. The van der Waals surface area contributed by atoms with E-state index < -0.39 is 66.8 Å². The van der Waals surface area contributed by atoms with Crippen LogP contribution in [-0.4, -0.2) is 96.6 Å². The summed E-state index contributed by atoms with van der Waals surface area (Å²) in [6.45, 7) is 5.55. The van der Waals surface area contributed by atoms with Gasteiger partial charge in [0, 0.05) is 12.2 Å². The van der Waals surface area contributed by atoms with E-state index in [1.165, 1.54) is 19.4 Å². The second-order valence-electron chi connectivity index (χ2n) is 13.7. The molecule has 9 N–H and O–H groups in total. The second-order valence-corrected chi connectivity index (χ2v) is 13.7. The zero-order valence-electron chi connectivity index (χ0n) is 31.2. The summed E-state index contributed by atoms with van der Waals surface area (Å²) in [6, 6.07) is 11.3. The highest BCUT2D eigenvalue weighted by Gasteiger charge is 2.31. The number of benzene rings is 2. The number of carbonyl (C=O) groups excluding carboxylic acids is 5. The van der Waals surface area contributed by atoms with Gasteiger partial charge in [-0.25, -0.2) is 0 Å². The Morgan fingerprint density at radius 1 is 0.925 bits per heavy atom. The Kier molecular flexibility index (Phi) is 18.5. The molecule has 290 valence electrons. The summed E-state index contributed by atoms with van der Waals surface area (Å²) in [7, 11) is -1.78. The Hall–Kier alpha value is -4.31. The number of aryl methyl sites for hydroxylation is 1. The quantitative estimate of drug-likeness (QED) is 0.0980. The topological polar surface area (TPSA) is 221 Å². The average molecular weight is 737 g/mol. The smallest absolute Gasteiger partial charge is 0.426 e. The van der Waals surface area contributed by atoms with Crippen LogP contribution in [0.3, 0.4) is 0 Å². The van der Waals surface area contributed by atoms with Crippen molar-refractivity contribution in [2.45, 2.75) is 115 Å². The van der Waals surface area contributed by atoms with Crippen molar-refractivity contribution < 1.29 is 38.8 Å². The summed E-state index contributed by atoms with van der Waals surface area (Å²) in [5.74, 6) is -3.91. The van der Waals surface area contributed by atoms with E-state index in [0.717, 1.165) is 30.4 Å². The largest absolute Gasteiger partial charge is 0.475 e. The third-order valence-corrected chi connectivity index (χ3v) is 9.22. The summed E-state index contributed by atoms with van der Waals surface area (Å²) in [6.07, 6.45) is 6.87. The summed E-state index contributed by atoms with van der Waals surface area (Å²) in [5.41, 5.74) is 9.34. The molecule has 1 aliphatic heterocycles. The zero-order valence-corrected chi connectivity index (χ0v) is 31.2. The molecule has 15 heteroatoms. The lowest BCUT2D eigenvalue weighted by atomic mass is 9.81. The van der Waals surface area contributed by atoms with Crippen LogP contribution in [0.1, 0.15) is 94.5 Å². The SMILES string of the molecule is CCCCc1ccc(-c2ccc(C(=O)N[C@@H](CCCCN)C(=O)N[C@H]3COCCCCC[C@@H](C(=O)N[C@@H](C)B(O)O)NC(=O)[C@H](C)NC3=O)cc2)cc1. The summed E-state index contributed by atoms with van der Waals surface area (Å²) in [5, 5.41) is 32.0. The molecule has 0 saturated carbocycles. The van der Waals surface area contributed by atoms with Crippen LogP contribution >= 0.6 is 0 Å². The lowest BCUT2D eigenvalue weighted by Gasteiger charge is -2.26. The lowest BCUT2D eigenvalue weighted by molar-refractivity contribution is -0.135. The molecule has 53 heavy (non-hydrogen) atoms. The van der Waals surface area contributed by atoms with E-state index in [9.17, 15) is 34.0 Å². The van der Waals surface area contributed by atoms with Gasteiger partial charge < -0.3 is 47.1 Å². The van der Waals surface area contributed by atoms with Gasteiger partial charge in [-0.3, -0.25) is 24.0 Å². The molecule has 3 rings (SSSR count). The molecule has 1 aliphatic rings. The van der Waals surface area contributed by atoms with Crippen molar-refractivity contribution >= 4 is 36.7 Å². The first-order chi connectivity index (χ1) is 25.4. The van der Waals surface area contributed by atoms with Crippen molar-refractivity contribution in [1.29, 1.82) is 0 Å². The molecule has 0 aromatic heterocycles. The van der Waals surface area contributed by atoms with Crippen LogP contribution in [0.5, 0.6) is 0 Å².